The first-order chi connectivity index (χ1) is 7.13. The molecule has 1 aromatic carbocycles. The number of rotatable bonds is 5. The van der Waals surface area contributed by atoms with Crippen molar-refractivity contribution in [2.45, 2.75) is 6.42 Å². The Hall–Kier alpha value is -0.510. The van der Waals surface area contributed by atoms with Gasteiger partial charge in [-0.1, -0.05) is 34.1 Å². The number of hydrogen-bond donors (Lipinski definition) is 1. The van der Waals surface area contributed by atoms with Gasteiger partial charge in [-0.25, -0.2) is 0 Å². The Morgan fingerprint density at radius 1 is 1.53 bits per heavy atom. The molecule has 0 fully saturated rings. The second kappa shape index (κ2) is 6.16. The maximum atomic E-state index is 5.63. The summed E-state index contributed by atoms with van der Waals surface area (Å²) in [7, 11) is 0. The van der Waals surface area contributed by atoms with Gasteiger partial charge in [0.15, 0.2) is 0 Å². The first kappa shape index (κ1) is 12.6. The van der Waals surface area contributed by atoms with Crippen molar-refractivity contribution in [3.05, 3.63) is 39.8 Å². The number of benzene rings is 1. The molecule has 1 aromatic rings. The summed E-state index contributed by atoms with van der Waals surface area (Å²) in [6, 6.07) is 5.82. The van der Waals surface area contributed by atoms with Gasteiger partial charge >= 0.3 is 0 Å². The van der Waals surface area contributed by atoms with Crippen LogP contribution in [0.5, 0.6) is 5.75 Å². The van der Waals surface area contributed by atoms with E-state index < -0.39 is 0 Å². The Morgan fingerprint density at radius 2 is 2.27 bits per heavy atom. The van der Waals surface area contributed by atoms with Crippen LogP contribution in [0.3, 0.4) is 0 Å². The standard InChI is InChI=1S/C11H13BrClNO/c1-8(13)7-15-11-3-2-10(12)6-9(11)4-5-14/h2-3,6H,1,4-5,7,14H2. The summed E-state index contributed by atoms with van der Waals surface area (Å²) < 4.78 is 6.51. The van der Waals surface area contributed by atoms with Gasteiger partial charge in [-0.2, -0.15) is 0 Å². The molecule has 0 heterocycles. The van der Waals surface area contributed by atoms with Crippen LogP contribution < -0.4 is 10.5 Å². The lowest BCUT2D eigenvalue weighted by Gasteiger charge is -2.10. The van der Waals surface area contributed by atoms with Gasteiger partial charge in [-0.3, -0.25) is 0 Å². The molecule has 2 N–H and O–H groups in total. The van der Waals surface area contributed by atoms with Gasteiger partial charge in [-0.15, -0.1) is 0 Å². The zero-order valence-electron chi connectivity index (χ0n) is 8.30. The van der Waals surface area contributed by atoms with Crippen LogP contribution in [0.15, 0.2) is 34.3 Å². The molecule has 0 bridgehead atoms. The van der Waals surface area contributed by atoms with E-state index in [1.54, 1.807) is 0 Å². The topological polar surface area (TPSA) is 35.2 Å². The van der Waals surface area contributed by atoms with E-state index in [2.05, 4.69) is 22.5 Å². The first-order valence-corrected chi connectivity index (χ1v) is 5.75. The maximum Gasteiger partial charge on any atom is 0.123 e. The number of nitrogens with two attached hydrogens (primary N) is 1. The highest BCUT2D eigenvalue weighted by atomic mass is 79.9. The van der Waals surface area contributed by atoms with E-state index in [0.717, 1.165) is 22.2 Å². The molecule has 0 aliphatic heterocycles. The Labute approximate surface area is 103 Å². The van der Waals surface area contributed by atoms with E-state index in [4.69, 9.17) is 22.1 Å². The third-order valence-corrected chi connectivity index (χ3v) is 2.42. The third-order valence-electron chi connectivity index (χ3n) is 1.82. The molecule has 0 aliphatic rings. The van der Waals surface area contributed by atoms with E-state index in [1.165, 1.54) is 0 Å². The van der Waals surface area contributed by atoms with E-state index >= 15 is 0 Å². The fourth-order valence-electron chi connectivity index (χ4n) is 1.20. The normalized spacial score (nSPS) is 10.1. The van der Waals surface area contributed by atoms with Crippen molar-refractivity contribution in [2.24, 2.45) is 5.73 Å². The predicted octanol–water partition coefficient (Wildman–Crippen LogP) is 3.08. The molecule has 2 nitrogen and oxygen atoms in total. The molecule has 0 unspecified atom stereocenters. The quantitative estimate of drug-likeness (QED) is 0.904. The minimum absolute atomic E-state index is 0.320. The summed E-state index contributed by atoms with van der Waals surface area (Å²) in [5, 5.41) is 0.483. The molecule has 0 aliphatic carbocycles. The second-order valence-corrected chi connectivity index (χ2v) is 4.55. The summed E-state index contributed by atoms with van der Waals surface area (Å²) in [6.45, 7) is 4.48. The molecular weight excluding hydrogens is 277 g/mol. The van der Waals surface area contributed by atoms with Crippen molar-refractivity contribution < 1.29 is 4.74 Å². The smallest absolute Gasteiger partial charge is 0.123 e. The van der Waals surface area contributed by atoms with Gasteiger partial charge in [-0.05, 0) is 36.7 Å². The van der Waals surface area contributed by atoms with Gasteiger partial charge in [0.05, 0.1) is 0 Å². The van der Waals surface area contributed by atoms with Crippen LogP contribution in [0.4, 0.5) is 0 Å². The van der Waals surface area contributed by atoms with Crippen LogP contribution in [0.1, 0.15) is 5.56 Å². The lowest BCUT2D eigenvalue weighted by molar-refractivity contribution is 0.355. The molecule has 0 radical (unpaired) electrons. The molecule has 0 saturated carbocycles. The van der Waals surface area contributed by atoms with Gasteiger partial charge in [0.1, 0.15) is 12.4 Å². The maximum absolute atomic E-state index is 5.63. The summed E-state index contributed by atoms with van der Waals surface area (Å²) in [6.07, 6.45) is 0.781. The Bertz CT molecular complexity index is 354. The number of hydrogen-bond acceptors (Lipinski definition) is 2. The average molecular weight is 291 g/mol. The minimum Gasteiger partial charge on any atom is -0.488 e. The highest BCUT2D eigenvalue weighted by molar-refractivity contribution is 9.10. The molecule has 0 saturated heterocycles. The third kappa shape index (κ3) is 4.24. The fraction of sp³-hybridized carbons (Fsp3) is 0.273. The summed E-state index contributed by atoms with van der Waals surface area (Å²) >= 11 is 9.04. The number of ether oxygens (including phenoxy) is 1. The second-order valence-electron chi connectivity index (χ2n) is 3.10. The SMILES string of the molecule is C=C(Cl)COc1ccc(Br)cc1CCN. The highest BCUT2D eigenvalue weighted by Gasteiger charge is 2.04. The van der Waals surface area contributed by atoms with Crippen LogP contribution >= 0.6 is 27.5 Å². The molecular formula is C11H13BrClNO. The summed E-state index contributed by atoms with van der Waals surface area (Å²) in [4.78, 5) is 0. The molecule has 0 amide bonds. The minimum atomic E-state index is 0.320. The van der Waals surface area contributed by atoms with Crippen LogP contribution in [0.25, 0.3) is 0 Å². The summed E-state index contributed by atoms with van der Waals surface area (Å²) in [5.41, 5.74) is 6.59. The highest BCUT2D eigenvalue weighted by Crippen LogP contribution is 2.24. The molecule has 82 valence electrons. The van der Waals surface area contributed by atoms with Crippen molar-refractivity contribution in [2.75, 3.05) is 13.2 Å². The van der Waals surface area contributed by atoms with Gasteiger partial charge in [0.25, 0.3) is 0 Å². The Balaban J connectivity index is 2.80. The van der Waals surface area contributed by atoms with Crippen LogP contribution in [-0.4, -0.2) is 13.2 Å². The Morgan fingerprint density at radius 3 is 2.87 bits per heavy atom. The summed E-state index contributed by atoms with van der Waals surface area (Å²) in [5.74, 6) is 0.811. The van der Waals surface area contributed by atoms with E-state index in [-0.39, 0.29) is 0 Å². The number of halogens is 2. The fourth-order valence-corrected chi connectivity index (χ4v) is 1.66. The van der Waals surface area contributed by atoms with Crippen molar-refractivity contribution in [3.63, 3.8) is 0 Å². The van der Waals surface area contributed by atoms with Gasteiger partial charge < -0.3 is 10.5 Å². The zero-order chi connectivity index (χ0) is 11.3. The lowest BCUT2D eigenvalue weighted by Crippen LogP contribution is -2.06. The average Bonchev–Trinajstić information content (AvgIpc) is 2.17. The van der Waals surface area contributed by atoms with Crippen molar-refractivity contribution in [1.82, 2.24) is 0 Å². The molecule has 15 heavy (non-hydrogen) atoms. The lowest BCUT2D eigenvalue weighted by atomic mass is 10.1. The zero-order valence-corrected chi connectivity index (χ0v) is 10.6. The first-order valence-electron chi connectivity index (χ1n) is 4.58. The molecule has 0 aromatic heterocycles. The van der Waals surface area contributed by atoms with Crippen molar-refractivity contribution >= 4 is 27.5 Å². The largest absolute Gasteiger partial charge is 0.488 e. The van der Waals surface area contributed by atoms with E-state index in [0.29, 0.717) is 18.2 Å². The van der Waals surface area contributed by atoms with Gasteiger partial charge in [0.2, 0.25) is 0 Å². The van der Waals surface area contributed by atoms with Crippen LogP contribution in [-0.2, 0) is 6.42 Å². The van der Waals surface area contributed by atoms with E-state index in [1.807, 2.05) is 18.2 Å². The van der Waals surface area contributed by atoms with Crippen molar-refractivity contribution in [3.8, 4) is 5.75 Å². The molecule has 0 spiro atoms. The molecule has 1 rings (SSSR count). The van der Waals surface area contributed by atoms with Crippen molar-refractivity contribution in [1.29, 1.82) is 0 Å². The predicted molar refractivity (Wildman–Crippen MR) is 67.4 cm³/mol. The van der Waals surface area contributed by atoms with Crippen LogP contribution in [0.2, 0.25) is 0 Å². The van der Waals surface area contributed by atoms with Crippen LogP contribution in [0, 0.1) is 0 Å². The van der Waals surface area contributed by atoms with Gasteiger partial charge in [0, 0.05) is 9.51 Å². The monoisotopic (exact) mass is 289 g/mol. The molecule has 0 atom stereocenters. The molecule has 4 heteroatoms. The Kier molecular flexibility index (Phi) is 5.15. The van der Waals surface area contributed by atoms with E-state index in [9.17, 15) is 0 Å².